The number of thiophene rings is 1. The molecule has 17 heavy (non-hydrogen) atoms. The van der Waals surface area contributed by atoms with Crippen LogP contribution in [-0.4, -0.2) is 29.3 Å². The van der Waals surface area contributed by atoms with Gasteiger partial charge in [-0.1, -0.05) is 11.6 Å². The number of aliphatic hydroxyl groups is 1. The number of H-pyrrole nitrogens is 1. The van der Waals surface area contributed by atoms with Crippen molar-refractivity contribution in [2.75, 3.05) is 13.2 Å². The zero-order valence-electron chi connectivity index (χ0n) is 8.77. The summed E-state index contributed by atoms with van der Waals surface area (Å²) in [6.07, 6.45) is 3.29. The highest BCUT2D eigenvalue weighted by atomic mass is 35.5. The van der Waals surface area contributed by atoms with Crippen molar-refractivity contribution in [1.29, 1.82) is 0 Å². The third kappa shape index (κ3) is 2.69. The van der Waals surface area contributed by atoms with Crippen LogP contribution in [0.2, 0.25) is 4.34 Å². The lowest BCUT2D eigenvalue weighted by atomic mass is 10.2. The summed E-state index contributed by atoms with van der Waals surface area (Å²) in [4.78, 5) is 15.4. The zero-order chi connectivity index (χ0) is 12.3. The minimum absolute atomic E-state index is 0.00531. The summed E-state index contributed by atoms with van der Waals surface area (Å²) in [5, 5.41) is 8.60. The van der Waals surface area contributed by atoms with Crippen molar-refractivity contribution in [2.45, 2.75) is 0 Å². The molecule has 0 atom stereocenters. The van der Waals surface area contributed by atoms with Crippen molar-refractivity contribution in [2.24, 2.45) is 0 Å². The maximum atomic E-state index is 11.7. The van der Waals surface area contributed by atoms with Crippen molar-refractivity contribution in [3.8, 4) is 10.4 Å². The number of rotatable bonds is 4. The number of ether oxygens (including phenoxy) is 1. The molecule has 90 valence electrons. The largest absolute Gasteiger partial charge is 0.460 e. The van der Waals surface area contributed by atoms with E-state index in [1.807, 2.05) is 6.07 Å². The molecule has 2 N–H and O–H groups in total. The van der Waals surface area contributed by atoms with E-state index < -0.39 is 5.97 Å². The molecule has 0 aromatic carbocycles. The summed E-state index contributed by atoms with van der Waals surface area (Å²) in [7, 11) is 0. The van der Waals surface area contributed by atoms with Crippen molar-refractivity contribution >= 4 is 28.9 Å². The first-order valence-electron chi connectivity index (χ1n) is 4.93. The molecular formula is C11H10ClNO3S. The molecule has 4 nitrogen and oxygen atoms in total. The summed E-state index contributed by atoms with van der Waals surface area (Å²) in [6.45, 7) is -0.190. The number of carbonyl (C=O) groups is 1. The van der Waals surface area contributed by atoms with Gasteiger partial charge >= 0.3 is 5.97 Å². The number of hydrogen-bond donors (Lipinski definition) is 2. The first-order valence-corrected chi connectivity index (χ1v) is 6.12. The Morgan fingerprint density at radius 2 is 2.29 bits per heavy atom. The van der Waals surface area contributed by atoms with Crippen LogP contribution in [-0.2, 0) is 4.74 Å². The van der Waals surface area contributed by atoms with Gasteiger partial charge in [0, 0.05) is 22.8 Å². The highest BCUT2D eigenvalue weighted by Gasteiger charge is 2.16. The van der Waals surface area contributed by atoms with Crippen LogP contribution in [0, 0.1) is 0 Å². The average Bonchev–Trinajstić information content (AvgIpc) is 2.93. The predicted octanol–water partition coefficient (Wildman–Crippen LogP) is 2.55. The molecule has 0 aliphatic carbocycles. The quantitative estimate of drug-likeness (QED) is 0.840. The highest BCUT2D eigenvalue weighted by Crippen LogP contribution is 2.33. The Morgan fingerprint density at radius 3 is 2.94 bits per heavy atom. The summed E-state index contributed by atoms with van der Waals surface area (Å²) in [5.41, 5.74) is 1.20. The van der Waals surface area contributed by atoms with Gasteiger partial charge in [-0.3, -0.25) is 0 Å². The fourth-order valence-corrected chi connectivity index (χ4v) is 2.49. The van der Waals surface area contributed by atoms with Gasteiger partial charge in [0.15, 0.2) is 0 Å². The first-order chi connectivity index (χ1) is 8.22. The Kier molecular flexibility index (Phi) is 3.83. The van der Waals surface area contributed by atoms with Gasteiger partial charge < -0.3 is 14.8 Å². The zero-order valence-corrected chi connectivity index (χ0v) is 10.3. The maximum Gasteiger partial charge on any atom is 0.340 e. The van der Waals surface area contributed by atoms with E-state index in [4.69, 9.17) is 21.4 Å². The van der Waals surface area contributed by atoms with Crippen LogP contribution in [0.5, 0.6) is 0 Å². The molecule has 0 saturated carbocycles. The van der Waals surface area contributed by atoms with Crippen LogP contribution in [0.25, 0.3) is 10.4 Å². The SMILES string of the molecule is O=C(OCCO)c1c[nH]cc1-c1ccc(Cl)s1. The summed E-state index contributed by atoms with van der Waals surface area (Å²) in [5.74, 6) is -0.458. The van der Waals surface area contributed by atoms with Crippen LogP contribution < -0.4 is 0 Å². The van der Waals surface area contributed by atoms with E-state index in [0.29, 0.717) is 9.90 Å². The van der Waals surface area contributed by atoms with E-state index >= 15 is 0 Å². The van der Waals surface area contributed by atoms with Gasteiger partial charge in [0.05, 0.1) is 16.5 Å². The minimum Gasteiger partial charge on any atom is -0.460 e. The molecule has 0 spiro atoms. The lowest BCUT2D eigenvalue weighted by Crippen LogP contribution is -2.08. The molecule has 0 aliphatic heterocycles. The maximum absolute atomic E-state index is 11.7. The molecule has 0 radical (unpaired) electrons. The molecule has 0 fully saturated rings. The van der Waals surface area contributed by atoms with Gasteiger partial charge in [0.2, 0.25) is 0 Å². The molecular weight excluding hydrogens is 262 g/mol. The van der Waals surface area contributed by atoms with Crippen molar-refractivity contribution in [3.63, 3.8) is 0 Å². The smallest absolute Gasteiger partial charge is 0.340 e. The van der Waals surface area contributed by atoms with Gasteiger partial charge in [0.25, 0.3) is 0 Å². The monoisotopic (exact) mass is 271 g/mol. The number of aromatic amines is 1. The van der Waals surface area contributed by atoms with E-state index in [9.17, 15) is 4.79 Å². The van der Waals surface area contributed by atoms with Crippen LogP contribution in [0.4, 0.5) is 0 Å². The van der Waals surface area contributed by atoms with Crippen LogP contribution in [0.15, 0.2) is 24.5 Å². The lowest BCUT2D eigenvalue weighted by Gasteiger charge is -2.02. The Bertz CT molecular complexity index is 520. The second-order valence-corrected chi connectivity index (χ2v) is 4.96. The molecule has 0 amide bonds. The van der Waals surface area contributed by atoms with E-state index in [0.717, 1.165) is 10.4 Å². The topological polar surface area (TPSA) is 62.3 Å². The molecule has 6 heteroatoms. The fraction of sp³-hybridized carbons (Fsp3) is 0.182. The van der Waals surface area contributed by atoms with Crippen LogP contribution in [0.3, 0.4) is 0 Å². The third-order valence-electron chi connectivity index (χ3n) is 2.13. The Hall–Kier alpha value is -1.30. The highest BCUT2D eigenvalue weighted by molar-refractivity contribution is 7.19. The minimum atomic E-state index is -0.458. The third-order valence-corrected chi connectivity index (χ3v) is 3.39. The standard InChI is InChI=1S/C11H10ClNO3S/c12-10-2-1-9(17-10)7-5-13-6-8(7)11(15)16-4-3-14/h1-2,5-6,13-14H,3-4H2. The number of aliphatic hydroxyl groups excluding tert-OH is 1. The summed E-state index contributed by atoms with van der Waals surface area (Å²) in [6, 6.07) is 3.62. The molecule has 0 saturated heterocycles. The molecule has 2 aromatic rings. The van der Waals surface area contributed by atoms with E-state index in [1.165, 1.54) is 11.3 Å². The van der Waals surface area contributed by atoms with E-state index in [1.54, 1.807) is 18.5 Å². The van der Waals surface area contributed by atoms with Crippen LogP contribution >= 0.6 is 22.9 Å². The number of carbonyl (C=O) groups excluding carboxylic acids is 1. The predicted molar refractivity (Wildman–Crippen MR) is 66.5 cm³/mol. The Balaban J connectivity index is 2.25. The second kappa shape index (κ2) is 5.35. The molecule has 0 bridgehead atoms. The van der Waals surface area contributed by atoms with Crippen molar-refractivity contribution in [3.05, 3.63) is 34.4 Å². The van der Waals surface area contributed by atoms with E-state index in [-0.39, 0.29) is 13.2 Å². The summed E-state index contributed by atoms with van der Waals surface area (Å²) < 4.78 is 5.53. The molecule has 0 unspecified atom stereocenters. The van der Waals surface area contributed by atoms with Gasteiger partial charge in [-0.2, -0.15) is 0 Å². The van der Waals surface area contributed by atoms with Crippen LogP contribution in [0.1, 0.15) is 10.4 Å². The molecule has 2 rings (SSSR count). The number of hydrogen-bond acceptors (Lipinski definition) is 4. The molecule has 2 aromatic heterocycles. The van der Waals surface area contributed by atoms with Crippen molar-refractivity contribution < 1.29 is 14.6 Å². The van der Waals surface area contributed by atoms with E-state index in [2.05, 4.69) is 4.98 Å². The lowest BCUT2D eigenvalue weighted by molar-refractivity contribution is 0.0435. The van der Waals surface area contributed by atoms with Gasteiger partial charge in [-0.25, -0.2) is 4.79 Å². The van der Waals surface area contributed by atoms with Gasteiger partial charge in [-0.15, -0.1) is 11.3 Å². The Morgan fingerprint density at radius 1 is 1.47 bits per heavy atom. The van der Waals surface area contributed by atoms with Crippen molar-refractivity contribution in [1.82, 2.24) is 4.98 Å². The number of esters is 1. The normalized spacial score (nSPS) is 10.5. The summed E-state index contributed by atoms with van der Waals surface area (Å²) >= 11 is 7.24. The second-order valence-electron chi connectivity index (χ2n) is 3.25. The van der Waals surface area contributed by atoms with Gasteiger partial charge in [0.1, 0.15) is 6.61 Å². The molecule has 2 heterocycles. The number of halogens is 1. The van der Waals surface area contributed by atoms with Gasteiger partial charge in [-0.05, 0) is 12.1 Å². The molecule has 0 aliphatic rings. The number of aromatic nitrogens is 1. The fourth-order valence-electron chi connectivity index (χ4n) is 1.41. The first kappa shape index (κ1) is 12.2. The Labute approximate surface area is 107 Å². The number of nitrogens with one attached hydrogen (secondary N) is 1. The average molecular weight is 272 g/mol.